The number of nitrogens with zero attached hydrogens (tertiary/aromatic N) is 1. The molecule has 108 valence electrons. The van der Waals surface area contributed by atoms with E-state index in [0.29, 0.717) is 13.1 Å². The van der Waals surface area contributed by atoms with Crippen LogP contribution in [0.2, 0.25) is 0 Å². The Morgan fingerprint density at radius 1 is 1.30 bits per heavy atom. The van der Waals surface area contributed by atoms with Crippen molar-refractivity contribution in [2.45, 2.75) is 25.4 Å². The lowest BCUT2D eigenvalue weighted by molar-refractivity contribution is -0.0440. The van der Waals surface area contributed by atoms with E-state index in [1.807, 2.05) is 6.92 Å². The summed E-state index contributed by atoms with van der Waals surface area (Å²) in [5, 5.41) is 9.17. The molecule has 1 aromatic rings. The van der Waals surface area contributed by atoms with Crippen LogP contribution in [0.5, 0.6) is 0 Å². The maximum atomic E-state index is 12.5. The summed E-state index contributed by atoms with van der Waals surface area (Å²) in [7, 11) is 1.64. The Balaban J connectivity index is 2.26. The molecule has 0 radical (unpaired) electrons. The Hall–Kier alpha value is -1.88. The molecular weight excluding hydrogens is 258 g/mol. The number of amides is 1. The lowest BCUT2D eigenvalue weighted by Crippen LogP contribution is -2.49. The highest BCUT2D eigenvalue weighted by Crippen LogP contribution is 2.25. The summed E-state index contributed by atoms with van der Waals surface area (Å²) in [6.45, 7) is 3.08. The maximum Gasteiger partial charge on any atom is 0.336 e. The Labute approximate surface area is 118 Å². The van der Waals surface area contributed by atoms with Crippen molar-refractivity contribution in [3.8, 4) is 0 Å². The molecular formula is C15H19NO4. The lowest BCUT2D eigenvalue weighted by atomic mass is 9.94. The van der Waals surface area contributed by atoms with Gasteiger partial charge in [-0.05, 0) is 31.9 Å². The number of methoxy groups -OCH3 is 1. The summed E-state index contributed by atoms with van der Waals surface area (Å²) in [4.78, 5) is 25.4. The van der Waals surface area contributed by atoms with Gasteiger partial charge >= 0.3 is 5.97 Å². The van der Waals surface area contributed by atoms with Crippen LogP contribution >= 0.6 is 0 Å². The van der Waals surface area contributed by atoms with Gasteiger partial charge in [0.25, 0.3) is 5.91 Å². The first-order valence-corrected chi connectivity index (χ1v) is 6.63. The standard InChI is InChI=1S/C15H19NO4/c1-15(20-2)8-5-9-16(10-15)13(17)11-6-3-4-7-12(11)14(18)19/h3-4,6-7H,5,8-10H2,1-2H3,(H,18,19). The molecule has 1 atom stereocenters. The maximum absolute atomic E-state index is 12.5. The van der Waals surface area contributed by atoms with Gasteiger partial charge < -0.3 is 14.7 Å². The van der Waals surface area contributed by atoms with E-state index in [0.717, 1.165) is 12.8 Å². The molecule has 20 heavy (non-hydrogen) atoms. The van der Waals surface area contributed by atoms with Crippen molar-refractivity contribution in [3.05, 3.63) is 35.4 Å². The molecule has 1 amide bonds. The molecule has 0 spiro atoms. The Morgan fingerprint density at radius 3 is 2.55 bits per heavy atom. The highest BCUT2D eigenvalue weighted by molar-refractivity contribution is 6.04. The van der Waals surface area contributed by atoms with E-state index < -0.39 is 5.97 Å². The van der Waals surface area contributed by atoms with Gasteiger partial charge in [-0.2, -0.15) is 0 Å². The third-order valence-corrected chi connectivity index (χ3v) is 3.83. The Bertz CT molecular complexity index is 528. The topological polar surface area (TPSA) is 66.8 Å². The first-order valence-electron chi connectivity index (χ1n) is 6.63. The van der Waals surface area contributed by atoms with Gasteiger partial charge in [0.2, 0.25) is 0 Å². The van der Waals surface area contributed by atoms with Crippen molar-refractivity contribution < 1.29 is 19.4 Å². The van der Waals surface area contributed by atoms with E-state index in [1.165, 1.54) is 6.07 Å². The zero-order valence-electron chi connectivity index (χ0n) is 11.8. The monoisotopic (exact) mass is 277 g/mol. The average molecular weight is 277 g/mol. The van der Waals surface area contributed by atoms with Crippen LogP contribution < -0.4 is 0 Å². The fraction of sp³-hybridized carbons (Fsp3) is 0.467. The zero-order valence-corrected chi connectivity index (χ0v) is 11.8. The third-order valence-electron chi connectivity index (χ3n) is 3.83. The van der Waals surface area contributed by atoms with Crippen molar-refractivity contribution in [2.24, 2.45) is 0 Å². The van der Waals surface area contributed by atoms with Crippen LogP contribution in [0.15, 0.2) is 24.3 Å². The first kappa shape index (κ1) is 14.5. The summed E-state index contributed by atoms with van der Waals surface area (Å²) in [5.41, 5.74) is -0.0749. The van der Waals surface area contributed by atoms with Crippen molar-refractivity contribution in [1.82, 2.24) is 4.90 Å². The second-order valence-electron chi connectivity index (χ2n) is 5.34. The minimum Gasteiger partial charge on any atom is -0.478 e. The van der Waals surface area contributed by atoms with E-state index >= 15 is 0 Å². The van der Waals surface area contributed by atoms with Crippen LogP contribution in [-0.2, 0) is 4.74 Å². The highest BCUT2D eigenvalue weighted by Gasteiger charge is 2.34. The predicted octanol–water partition coefficient (Wildman–Crippen LogP) is 2.03. The molecule has 0 aromatic heterocycles. The number of likely N-dealkylation sites (tertiary alicyclic amines) is 1. The number of benzene rings is 1. The third kappa shape index (κ3) is 2.82. The van der Waals surface area contributed by atoms with Crippen molar-refractivity contribution in [1.29, 1.82) is 0 Å². The number of hydrogen-bond donors (Lipinski definition) is 1. The fourth-order valence-electron chi connectivity index (χ4n) is 2.57. The molecule has 5 heteroatoms. The number of aromatic carboxylic acids is 1. The number of rotatable bonds is 3. The van der Waals surface area contributed by atoms with Crippen molar-refractivity contribution in [2.75, 3.05) is 20.2 Å². The summed E-state index contributed by atoms with van der Waals surface area (Å²) in [6, 6.07) is 6.31. The van der Waals surface area contributed by atoms with E-state index in [1.54, 1.807) is 30.2 Å². The molecule has 0 aliphatic carbocycles. The van der Waals surface area contributed by atoms with Gasteiger partial charge in [0.1, 0.15) is 0 Å². The summed E-state index contributed by atoms with van der Waals surface area (Å²) >= 11 is 0. The average Bonchev–Trinajstić information content (AvgIpc) is 2.46. The van der Waals surface area contributed by atoms with Gasteiger partial charge in [0, 0.05) is 20.2 Å². The molecule has 1 fully saturated rings. The van der Waals surface area contributed by atoms with E-state index in [9.17, 15) is 9.59 Å². The highest BCUT2D eigenvalue weighted by atomic mass is 16.5. The van der Waals surface area contributed by atoms with Gasteiger partial charge in [0.15, 0.2) is 0 Å². The normalized spacial score (nSPS) is 22.6. The SMILES string of the molecule is COC1(C)CCCN(C(=O)c2ccccc2C(=O)O)C1. The smallest absolute Gasteiger partial charge is 0.336 e. The molecule has 2 rings (SSSR count). The molecule has 1 N–H and O–H groups in total. The van der Waals surface area contributed by atoms with E-state index in [4.69, 9.17) is 9.84 Å². The molecule has 1 aliphatic heterocycles. The minimum atomic E-state index is -1.08. The quantitative estimate of drug-likeness (QED) is 0.918. The van der Waals surface area contributed by atoms with Crippen molar-refractivity contribution >= 4 is 11.9 Å². The van der Waals surface area contributed by atoms with Crippen LogP contribution in [0.25, 0.3) is 0 Å². The van der Waals surface area contributed by atoms with E-state index in [2.05, 4.69) is 0 Å². The molecule has 1 heterocycles. The summed E-state index contributed by atoms with van der Waals surface area (Å²) in [5.74, 6) is -1.33. The second-order valence-corrected chi connectivity index (χ2v) is 5.34. The molecule has 5 nitrogen and oxygen atoms in total. The van der Waals surface area contributed by atoms with Gasteiger partial charge in [0.05, 0.1) is 16.7 Å². The number of piperidine rings is 1. The number of carboxylic acid groups (broad SMARTS) is 1. The summed E-state index contributed by atoms with van der Waals surface area (Å²) < 4.78 is 5.46. The van der Waals surface area contributed by atoms with Gasteiger partial charge in [-0.15, -0.1) is 0 Å². The van der Waals surface area contributed by atoms with Crippen molar-refractivity contribution in [3.63, 3.8) is 0 Å². The van der Waals surface area contributed by atoms with Crippen LogP contribution in [-0.4, -0.2) is 47.7 Å². The van der Waals surface area contributed by atoms with Crippen LogP contribution in [0.1, 0.15) is 40.5 Å². The molecule has 1 aromatic carbocycles. The van der Waals surface area contributed by atoms with Gasteiger partial charge in [-0.1, -0.05) is 12.1 Å². The molecule has 1 unspecified atom stereocenters. The number of hydrogen-bond acceptors (Lipinski definition) is 3. The molecule has 0 saturated carbocycles. The predicted molar refractivity (Wildman–Crippen MR) is 74.0 cm³/mol. The van der Waals surface area contributed by atoms with E-state index in [-0.39, 0.29) is 22.6 Å². The van der Waals surface area contributed by atoms with Crippen LogP contribution in [0.3, 0.4) is 0 Å². The Morgan fingerprint density at radius 2 is 1.95 bits per heavy atom. The van der Waals surface area contributed by atoms with Crippen LogP contribution in [0, 0.1) is 0 Å². The number of carbonyl (C=O) groups excluding carboxylic acids is 1. The van der Waals surface area contributed by atoms with Gasteiger partial charge in [-0.25, -0.2) is 4.79 Å². The number of ether oxygens (including phenoxy) is 1. The molecule has 1 aliphatic rings. The van der Waals surface area contributed by atoms with Crippen LogP contribution in [0.4, 0.5) is 0 Å². The lowest BCUT2D eigenvalue weighted by Gasteiger charge is -2.39. The fourth-order valence-corrected chi connectivity index (χ4v) is 2.57. The summed E-state index contributed by atoms with van der Waals surface area (Å²) in [6.07, 6.45) is 1.75. The minimum absolute atomic E-state index is 0.0437. The Kier molecular flexibility index (Phi) is 4.09. The first-order chi connectivity index (χ1) is 9.47. The number of carboxylic acids is 1. The van der Waals surface area contributed by atoms with Gasteiger partial charge in [-0.3, -0.25) is 4.79 Å². The second kappa shape index (κ2) is 5.63. The largest absolute Gasteiger partial charge is 0.478 e. The molecule has 1 saturated heterocycles. The number of carbonyl (C=O) groups is 2. The molecule has 0 bridgehead atoms. The zero-order chi connectivity index (χ0) is 14.8.